The molecule has 0 aliphatic rings. The first-order valence-electron chi connectivity index (χ1n) is 10.6. The van der Waals surface area contributed by atoms with E-state index in [9.17, 15) is 0 Å². The lowest BCUT2D eigenvalue weighted by Crippen LogP contribution is -2.25. The molecule has 3 aromatic carbocycles. The minimum atomic E-state index is 0.307. The summed E-state index contributed by atoms with van der Waals surface area (Å²) < 4.78 is 11.3. The van der Waals surface area contributed by atoms with Crippen LogP contribution in [0.25, 0.3) is 21.2 Å². The van der Waals surface area contributed by atoms with Gasteiger partial charge in [0.05, 0.1) is 23.5 Å². The lowest BCUT2D eigenvalue weighted by atomic mass is 10.0. The third-order valence-corrected chi connectivity index (χ3v) is 6.49. The van der Waals surface area contributed by atoms with E-state index >= 15 is 0 Å². The number of benzene rings is 3. The molecular weight excluding hydrogens is 402 g/mol. The van der Waals surface area contributed by atoms with Gasteiger partial charge in [-0.2, -0.15) is 4.37 Å². The van der Waals surface area contributed by atoms with Gasteiger partial charge in [-0.15, -0.1) is 0 Å². The summed E-state index contributed by atoms with van der Waals surface area (Å²) in [5.74, 6) is 0.881. The predicted octanol–water partition coefficient (Wildman–Crippen LogP) is 5.75. The van der Waals surface area contributed by atoms with E-state index < -0.39 is 0 Å². The Bertz CT molecular complexity index is 1100. The first-order chi connectivity index (χ1) is 15.2. The van der Waals surface area contributed by atoms with Crippen LogP contribution in [-0.2, 0) is 6.54 Å². The van der Waals surface area contributed by atoms with Crippen molar-refractivity contribution in [3.05, 3.63) is 84.1 Å². The Morgan fingerprint density at radius 3 is 2.29 bits per heavy atom. The molecule has 0 saturated carbocycles. The van der Waals surface area contributed by atoms with Crippen LogP contribution in [0.15, 0.2) is 72.8 Å². The first-order valence-corrected chi connectivity index (χ1v) is 11.4. The second-order valence-electron chi connectivity index (χ2n) is 7.93. The second kappa shape index (κ2) is 10.1. The van der Waals surface area contributed by atoms with Crippen molar-refractivity contribution in [3.8, 4) is 16.9 Å². The number of rotatable bonds is 9. The van der Waals surface area contributed by atoms with Gasteiger partial charge in [0.25, 0.3) is 0 Å². The highest BCUT2D eigenvalue weighted by molar-refractivity contribution is 7.13. The highest BCUT2D eigenvalue weighted by Crippen LogP contribution is 2.31. The molecular formula is C26H29N3OS. The smallest absolute Gasteiger partial charge is 0.118 e. The molecule has 0 amide bonds. The Morgan fingerprint density at radius 2 is 1.61 bits per heavy atom. The maximum absolute atomic E-state index is 5.24. The molecule has 1 N–H and O–H groups in total. The summed E-state index contributed by atoms with van der Waals surface area (Å²) in [6.07, 6.45) is 1.02. The van der Waals surface area contributed by atoms with Crippen LogP contribution in [0, 0.1) is 0 Å². The topological polar surface area (TPSA) is 37.4 Å². The summed E-state index contributed by atoms with van der Waals surface area (Å²) in [6.45, 7) is 1.80. The van der Waals surface area contributed by atoms with Gasteiger partial charge in [-0.25, -0.2) is 0 Å². The normalized spacial score (nSPS) is 12.4. The third kappa shape index (κ3) is 5.13. The summed E-state index contributed by atoms with van der Waals surface area (Å²) in [5.41, 5.74) is 4.90. The minimum absolute atomic E-state index is 0.307. The van der Waals surface area contributed by atoms with Crippen molar-refractivity contribution in [3.63, 3.8) is 0 Å². The average Bonchev–Trinajstić information content (AvgIpc) is 3.23. The number of hydrogen-bond acceptors (Lipinski definition) is 5. The molecule has 160 valence electrons. The van der Waals surface area contributed by atoms with E-state index in [1.165, 1.54) is 32.5 Å². The van der Waals surface area contributed by atoms with Crippen LogP contribution < -0.4 is 10.1 Å². The van der Waals surface area contributed by atoms with E-state index in [1.54, 1.807) is 18.6 Å². The quantitative estimate of drug-likeness (QED) is 0.342. The molecule has 0 spiro atoms. The van der Waals surface area contributed by atoms with Crippen LogP contribution in [-0.4, -0.2) is 37.0 Å². The molecule has 31 heavy (non-hydrogen) atoms. The van der Waals surface area contributed by atoms with E-state index in [0.29, 0.717) is 6.04 Å². The average molecular weight is 432 g/mol. The Kier molecular flexibility index (Phi) is 6.97. The molecule has 1 atom stereocenters. The van der Waals surface area contributed by atoms with E-state index in [-0.39, 0.29) is 0 Å². The van der Waals surface area contributed by atoms with Crippen LogP contribution in [0.4, 0.5) is 0 Å². The number of ether oxygens (including phenoxy) is 1. The zero-order valence-electron chi connectivity index (χ0n) is 18.3. The molecule has 0 radical (unpaired) electrons. The minimum Gasteiger partial charge on any atom is -0.497 e. The summed E-state index contributed by atoms with van der Waals surface area (Å²) in [4.78, 5) is 2.27. The van der Waals surface area contributed by atoms with Crippen LogP contribution in [0.5, 0.6) is 5.75 Å². The lowest BCUT2D eigenvalue weighted by Gasteiger charge is -2.23. The Morgan fingerprint density at radius 1 is 0.935 bits per heavy atom. The highest BCUT2D eigenvalue weighted by atomic mass is 32.1. The fraction of sp³-hybridized carbons (Fsp3) is 0.269. The fourth-order valence-corrected chi connectivity index (χ4v) is 4.68. The van der Waals surface area contributed by atoms with Gasteiger partial charge in [-0.05, 0) is 73.5 Å². The molecule has 5 heteroatoms. The molecule has 0 fully saturated rings. The lowest BCUT2D eigenvalue weighted by molar-refractivity contribution is 0.278. The van der Waals surface area contributed by atoms with Crippen molar-refractivity contribution in [1.29, 1.82) is 0 Å². The largest absolute Gasteiger partial charge is 0.497 e. The van der Waals surface area contributed by atoms with E-state index in [4.69, 9.17) is 9.11 Å². The fourth-order valence-electron chi connectivity index (χ4n) is 3.86. The number of aromatic nitrogens is 1. The molecule has 1 unspecified atom stereocenters. The van der Waals surface area contributed by atoms with E-state index in [1.807, 2.05) is 12.1 Å². The number of fused-ring (bicyclic) bond motifs is 1. The van der Waals surface area contributed by atoms with Gasteiger partial charge in [0.15, 0.2) is 0 Å². The predicted molar refractivity (Wildman–Crippen MR) is 131 cm³/mol. The van der Waals surface area contributed by atoms with Gasteiger partial charge < -0.3 is 15.0 Å². The Labute approximate surface area is 188 Å². The molecule has 0 aliphatic carbocycles. The SMILES string of the molecule is COc1ccc(-c2ccc(CNCCC(c3nsc4ccccc34)N(C)C)cc2)cc1. The standard InChI is InChI=1S/C26H29N3OS/c1-29(2)24(26-23-6-4-5-7-25(23)31-28-26)16-17-27-18-19-8-10-20(11-9-19)21-12-14-22(30-3)15-13-21/h4-15,24,27H,16-18H2,1-3H3. The molecule has 4 rings (SSSR count). The van der Waals surface area contributed by atoms with Gasteiger partial charge in [0, 0.05) is 11.9 Å². The van der Waals surface area contributed by atoms with Crippen LogP contribution in [0.2, 0.25) is 0 Å². The zero-order valence-corrected chi connectivity index (χ0v) is 19.2. The summed E-state index contributed by atoms with van der Waals surface area (Å²) in [7, 11) is 5.96. The second-order valence-corrected chi connectivity index (χ2v) is 8.74. The van der Waals surface area contributed by atoms with Crippen LogP contribution >= 0.6 is 11.5 Å². The van der Waals surface area contributed by atoms with Gasteiger partial charge >= 0.3 is 0 Å². The van der Waals surface area contributed by atoms with Gasteiger partial charge in [0.1, 0.15) is 5.75 Å². The molecule has 0 aliphatic heterocycles. The van der Waals surface area contributed by atoms with Crippen LogP contribution in [0.1, 0.15) is 23.7 Å². The zero-order chi connectivity index (χ0) is 21.6. The van der Waals surface area contributed by atoms with Gasteiger partial charge in [-0.3, -0.25) is 0 Å². The highest BCUT2D eigenvalue weighted by Gasteiger charge is 2.19. The number of methoxy groups -OCH3 is 1. The molecule has 0 bridgehead atoms. The van der Waals surface area contributed by atoms with Crippen molar-refractivity contribution in [2.75, 3.05) is 27.7 Å². The number of hydrogen-bond donors (Lipinski definition) is 1. The van der Waals surface area contributed by atoms with Crippen molar-refractivity contribution < 1.29 is 4.74 Å². The maximum atomic E-state index is 5.24. The monoisotopic (exact) mass is 431 g/mol. The van der Waals surface area contributed by atoms with Crippen LogP contribution in [0.3, 0.4) is 0 Å². The van der Waals surface area contributed by atoms with E-state index in [2.05, 4.69) is 85.0 Å². The van der Waals surface area contributed by atoms with Crippen molar-refractivity contribution in [2.45, 2.75) is 19.0 Å². The summed E-state index contributed by atoms with van der Waals surface area (Å²) in [5, 5.41) is 4.88. The number of nitrogens with zero attached hydrogens (tertiary/aromatic N) is 2. The van der Waals surface area contributed by atoms with Crippen molar-refractivity contribution in [2.24, 2.45) is 0 Å². The molecule has 1 heterocycles. The summed E-state index contributed by atoms with van der Waals surface area (Å²) >= 11 is 1.59. The maximum Gasteiger partial charge on any atom is 0.118 e. The molecule has 1 aromatic heterocycles. The first kappa shape index (κ1) is 21.5. The molecule has 4 aromatic rings. The Balaban J connectivity index is 1.33. The number of nitrogens with one attached hydrogen (secondary N) is 1. The molecule has 4 nitrogen and oxygen atoms in total. The van der Waals surface area contributed by atoms with E-state index in [0.717, 1.165) is 25.3 Å². The molecule has 0 saturated heterocycles. The Hall–Kier alpha value is -2.73. The van der Waals surface area contributed by atoms with Gasteiger partial charge in [-0.1, -0.05) is 54.6 Å². The van der Waals surface area contributed by atoms with Crippen molar-refractivity contribution >= 4 is 21.6 Å². The summed E-state index contributed by atoms with van der Waals surface area (Å²) in [6, 6.07) is 25.8. The van der Waals surface area contributed by atoms with Crippen molar-refractivity contribution in [1.82, 2.24) is 14.6 Å². The van der Waals surface area contributed by atoms with Gasteiger partial charge in [0.2, 0.25) is 0 Å². The third-order valence-electron chi connectivity index (χ3n) is 5.65.